The number of aryl methyl sites for hydroxylation is 1. The summed E-state index contributed by atoms with van der Waals surface area (Å²) in [5.74, 6) is -0.315. The van der Waals surface area contributed by atoms with Gasteiger partial charge in [-0.25, -0.2) is 9.07 Å². The second kappa shape index (κ2) is 8.05. The van der Waals surface area contributed by atoms with Gasteiger partial charge < -0.3 is 4.74 Å². The molecule has 1 aromatic carbocycles. The number of hydrogen-bond donors (Lipinski definition) is 1. The molecule has 0 saturated carbocycles. The normalized spacial score (nSPS) is 18.3. The van der Waals surface area contributed by atoms with E-state index in [1.54, 1.807) is 23.9 Å². The van der Waals surface area contributed by atoms with Crippen LogP contribution in [0.4, 0.5) is 4.39 Å². The third-order valence-corrected chi connectivity index (χ3v) is 6.54. The molecule has 2 heterocycles. The highest BCUT2D eigenvalue weighted by Crippen LogP contribution is 2.22. The fourth-order valence-electron chi connectivity index (χ4n) is 3.50. The van der Waals surface area contributed by atoms with Gasteiger partial charge in [0.05, 0.1) is 18.0 Å². The lowest BCUT2D eigenvalue weighted by atomic mass is 10.2. The molecule has 0 amide bonds. The maximum atomic E-state index is 13.2. The summed E-state index contributed by atoms with van der Waals surface area (Å²) < 4.78 is 49.6. The highest BCUT2D eigenvalue weighted by molar-refractivity contribution is 7.87. The van der Waals surface area contributed by atoms with Crippen LogP contribution in [-0.4, -0.2) is 48.8 Å². The second-order valence-electron chi connectivity index (χ2n) is 6.73. The molecule has 1 atom stereocenters. The van der Waals surface area contributed by atoms with E-state index in [1.165, 1.54) is 16.4 Å². The van der Waals surface area contributed by atoms with Gasteiger partial charge in [0.1, 0.15) is 5.82 Å². The van der Waals surface area contributed by atoms with Crippen LogP contribution in [0.3, 0.4) is 0 Å². The summed E-state index contributed by atoms with van der Waals surface area (Å²) in [5.41, 5.74) is 3.09. The molecule has 1 aromatic heterocycles. The SMILES string of the molecule is COCC1CCCN1S(=O)(=O)NCc1c(C)nn(-c2ccc(F)cc2)c1C. The van der Waals surface area contributed by atoms with Crippen LogP contribution in [0.1, 0.15) is 29.8 Å². The Morgan fingerprint density at radius 1 is 1.30 bits per heavy atom. The van der Waals surface area contributed by atoms with Crippen molar-refractivity contribution < 1.29 is 17.5 Å². The van der Waals surface area contributed by atoms with Gasteiger partial charge in [-0.15, -0.1) is 0 Å². The molecule has 3 rings (SSSR count). The molecule has 1 aliphatic heterocycles. The Morgan fingerprint density at radius 2 is 2.00 bits per heavy atom. The van der Waals surface area contributed by atoms with Crippen molar-refractivity contribution in [2.45, 2.75) is 39.3 Å². The van der Waals surface area contributed by atoms with Crippen LogP contribution in [0.25, 0.3) is 5.69 Å². The molecule has 2 aromatic rings. The Balaban J connectivity index is 1.77. The fraction of sp³-hybridized carbons (Fsp3) is 0.500. The van der Waals surface area contributed by atoms with Gasteiger partial charge in [-0.2, -0.15) is 22.5 Å². The molecule has 1 unspecified atom stereocenters. The third-order valence-electron chi connectivity index (χ3n) is 4.93. The number of nitrogens with one attached hydrogen (secondary N) is 1. The first kappa shape index (κ1) is 19.9. The predicted molar refractivity (Wildman–Crippen MR) is 100 cm³/mol. The number of methoxy groups -OCH3 is 1. The van der Waals surface area contributed by atoms with Gasteiger partial charge in [0.2, 0.25) is 0 Å². The summed E-state index contributed by atoms with van der Waals surface area (Å²) in [7, 11) is -2.03. The molecule has 1 aliphatic rings. The van der Waals surface area contributed by atoms with Crippen LogP contribution in [0.2, 0.25) is 0 Å². The molecular weight excluding hydrogens is 371 g/mol. The summed E-state index contributed by atoms with van der Waals surface area (Å²) in [5, 5.41) is 4.48. The zero-order chi connectivity index (χ0) is 19.6. The van der Waals surface area contributed by atoms with Crippen molar-refractivity contribution in [1.29, 1.82) is 0 Å². The molecule has 1 saturated heterocycles. The van der Waals surface area contributed by atoms with Crippen molar-refractivity contribution in [3.8, 4) is 5.69 Å². The van der Waals surface area contributed by atoms with E-state index in [9.17, 15) is 12.8 Å². The number of benzene rings is 1. The van der Waals surface area contributed by atoms with E-state index in [0.717, 1.165) is 35.5 Å². The van der Waals surface area contributed by atoms with Crippen molar-refractivity contribution in [1.82, 2.24) is 18.8 Å². The molecule has 9 heteroatoms. The topological polar surface area (TPSA) is 76.5 Å². The zero-order valence-electron chi connectivity index (χ0n) is 15.8. The van der Waals surface area contributed by atoms with E-state index in [2.05, 4.69) is 9.82 Å². The highest BCUT2D eigenvalue weighted by Gasteiger charge is 2.34. The van der Waals surface area contributed by atoms with E-state index < -0.39 is 10.2 Å². The van der Waals surface area contributed by atoms with E-state index in [0.29, 0.717) is 13.2 Å². The van der Waals surface area contributed by atoms with Gasteiger partial charge in [-0.3, -0.25) is 0 Å². The molecule has 7 nitrogen and oxygen atoms in total. The number of rotatable bonds is 7. The lowest BCUT2D eigenvalue weighted by Crippen LogP contribution is -2.44. The van der Waals surface area contributed by atoms with Crippen molar-refractivity contribution in [3.63, 3.8) is 0 Å². The first-order valence-electron chi connectivity index (χ1n) is 8.90. The van der Waals surface area contributed by atoms with Crippen molar-refractivity contribution >= 4 is 10.2 Å². The summed E-state index contributed by atoms with van der Waals surface area (Å²) in [4.78, 5) is 0. The number of ether oxygens (including phenoxy) is 1. The molecule has 0 spiro atoms. The molecular formula is C18H25FN4O3S. The third kappa shape index (κ3) is 4.21. The first-order valence-corrected chi connectivity index (χ1v) is 10.3. The van der Waals surface area contributed by atoms with Crippen LogP contribution in [0.5, 0.6) is 0 Å². The maximum Gasteiger partial charge on any atom is 0.280 e. The second-order valence-corrected chi connectivity index (χ2v) is 8.43. The van der Waals surface area contributed by atoms with Gasteiger partial charge in [-0.1, -0.05) is 0 Å². The Kier molecular flexibility index (Phi) is 5.95. The number of aromatic nitrogens is 2. The van der Waals surface area contributed by atoms with Crippen molar-refractivity contribution in [3.05, 3.63) is 47.0 Å². The summed E-state index contributed by atoms with van der Waals surface area (Å²) in [6.45, 7) is 4.74. The molecule has 27 heavy (non-hydrogen) atoms. The minimum atomic E-state index is -3.61. The van der Waals surface area contributed by atoms with E-state index in [-0.39, 0.29) is 18.4 Å². The molecule has 0 radical (unpaired) electrons. The van der Waals surface area contributed by atoms with Gasteiger partial charge in [0.15, 0.2) is 0 Å². The minimum absolute atomic E-state index is 0.128. The number of nitrogens with zero attached hydrogens (tertiary/aromatic N) is 3. The predicted octanol–water partition coefficient (Wildman–Crippen LogP) is 2.07. The van der Waals surface area contributed by atoms with Crippen LogP contribution < -0.4 is 4.72 Å². The quantitative estimate of drug-likeness (QED) is 0.777. The Labute approximate surface area is 159 Å². The maximum absolute atomic E-state index is 13.2. The number of hydrogen-bond acceptors (Lipinski definition) is 4. The lowest BCUT2D eigenvalue weighted by molar-refractivity contribution is 0.148. The summed E-state index contributed by atoms with van der Waals surface area (Å²) >= 11 is 0. The Bertz CT molecular complexity index is 896. The van der Waals surface area contributed by atoms with Gasteiger partial charge in [0.25, 0.3) is 10.2 Å². The van der Waals surface area contributed by atoms with Gasteiger partial charge in [-0.05, 0) is 51.0 Å². The van der Waals surface area contributed by atoms with Crippen LogP contribution in [0, 0.1) is 19.7 Å². The van der Waals surface area contributed by atoms with Gasteiger partial charge in [0, 0.05) is 37.5 Å². The Morgan fingerprint density at radius 3 is 2.67 bits per heavy atom. The van der Waals surface area contributed by atoms with E-state index in [4.69, 9.17) is 4.74 Å². The van der Waals surface area contributed by atoms with E-state index in [1.807, 2.05) is 13.8 Å². The van der Waals surface area contributed by atoms with Crippen molar-refractivity contribution in [2.75, 3.05) is 20.3 Å². The molecule has 148 valence electrons. The summed E-state index contributed by atoms with van der Waals surface area (Å²) in [6, 6.07) is 5.90. The molecule has 1 fully saturated rings. The highest BCUT2D eigenvalue weighted by atomic mass is 32.2. The van der Waals surface area contributed by atoms with Crippen LogP contribution >= 0.6 is 0 Å². The molecule has 0 aliphatic carbocycles. The fourth-order valence-corrected chi connectivity index (χ4v) is 4.92. The average molecular weight is 396 g/mol. The molecule has 1 N–H and O–H groups in total. The number of halogens is 1. The van der Waals surface area contributed by atoms with Gasteiger partial charge >= 0.3 is 0 Å². The van der Waals surface area contributed by atoms with Crippen molar-refractivity contribution in [2.24, 2.45) is 0 Å². The van der Waals surface area contributed by atoms with Crippen LogP contribution in [0.15, 0.2) is 24.3 Å². The van der Waals surface area contributed by atoms with E-state index >= 15 is 0 Å². The standard InChI is InChI=1S/C18H25FN4O3S/c1-13-18(14(2)23(21-13)16-8-6-15(19)7-9-16)11-20-27(24,25)22-10-4-5-17(22)12-26-3/h6-9,17,20H,4-5,10-12H2,1-3H3. The average Bonchev–Trinajstić information content (AvgIpc) is 3.20. The zero-order valence-corrected chi connectivity index (χ0v) is 16.6. The molecule has 0 bridgehead atoms. The first-order chi connectivity index (χ1) is 12.8. The Hall–Kier alpha value is -1.81. The smallest absolute Gasteiger partial charge is 0.280 e. The largest absolute Gasteiger partial charge is 0.383 e. The lowest BCUT2D eigenvalue weighted by Gasteiger charge is -2.23. The summed E-state index contributed by atoms with van der Waals surface area (Å²) in [6.07, 6.45) is 1.63. The van der Waals surface area contributed by atoms with Crippen LogP contribution in [-0.2, 0) is 21.5 Å². The monoisotopic (exact) mass is 396 g/mol. The minimum Gasteiger partial charge on any atom is -0.383 e.